The summed E-state index contributed by atoms with van der Waals surface area (Å²) in [7, 11) is 0.231. The molecule has 2 aromatic carbocycles. The fraction of sp³-hybridized carbons (Fsp3) is 0.577. The van der Waals surface area contributed by atoms with E-state index < -0.39 is 7.82 Å². The first kappa shape index (κ1) is 31.0. The second kappa shape index (κ2) is 17.3. The summed E-state index contributed by atoms with van der Waals surface area (Å²) in [5.74, 6) is 2.32. The standard InChI is InChI=1S/C26H39O7PS2/c1-5-17-35-36-18-16-29-25-13-12-23-19-22(10-11-24(23)20-25)21(4)26(27)30-14-8-9-15-33-34(28,31-6-2)32-7-3/h10-13,19-21H,5-9,14-18H2,1-4H3. The summed E-state index contributed by atoms with van der Waals surface area (Å²) in [6.07, 6.45) is 2.35. The number of esters is 1. The van der Waals surface area contributed by atoms with E-state index in [0.29, 0.717) is 19.4 Å². The van der Waals surface area contributed by atoms with E-state index >= 15 is 0 Å². The lowest BCUT2D eigenvalue weighted by atomic mass is 9.98. The van der Waals surface area contributed by atoms with Crippen LogP contribution < -0.4 is 4.74 Å². The van der Waals surface area contributed by atoms with Gasteiger partial charge in [-0.1, -0.05) is 52.8 Å². The molecule has 1 unspecified atom stereocenters. The van der Waals surface area contributed by atoms with Crippen molar-refractivity contribution in [3.8, 4) is 5.75 Å². The van der Waals surface area contributed by atoms with Crippen LogP contribution in [0.4, 0.5) is 0 Å². The number of carbonyl (C=O) groups excluding carboxylic acids is 1. The van der Waals surface area contributed by atoms with Gasteiger partial charge in [-0.15, -0.1) is 0 Å². The number of ether oxygens (including phenoxy) is 2. The van der Waals surface area contributed by atoms with Gasteiger partial charge in [0.25, 0.3) is 0 Å². The number of hydrogen-bond acceptors (Lipinski definition) is 9. The third-order valence-electron chi connectivity index (χ3n) is 5.10. The van der Waals surface area contributed by atoms with E-state index in [1.54, 1.807) is 13.8 Å². The molecule has 0 saturated carbocycles. The van der Waals surface area contributed by atoms with Crippen LogP contribution in [0, 0.1) is 0 Å². The van der Waals surface area contributed by atoms with Crippen molar-refractivity contribution in [2.45, 2.75) is 52.9 Å². The molecule has 0 aliphatic carbocycles. The molecule has 1 atom stereocenters. The second-order valence-corrected chi connectivity index (χ2v) is 12.3. The Morgan fingerprint density at radius 1 is 0.861 bits per heavy atom. The first-order valence-corrected chi connectivity index (χ1v) is 16.5. The minimum Gasteiger partial charge on any atom is -0.493 e. The third-order valence-corrected chi connectivity index (χ3v) is 9.32. The molecule has 7 nitrogen and oxygen atoms in total. The largest absolute Gasteiger partial charge is 0.493 e. The molecule has 10 heteroatoms. The van der Waals surface area contributed by atoms with E-state index in [1.165, 1.54) is 6.42 Å². The Hall–Kier alpha value is -1.22. The molecule has 0 heterocycles. The predicted molar refractivity (Wildman–Crippen MR) is 150 cm³/mol. The van der Waals surface area contributed by atoms with Crippen LogP contribution in [-0.4, -0.2) is 50.5 Å². The van der Waals surface area contributed by atoms with E-state index in [-0.39, 0.29) is 38.3 Å². The van der Waals surface area contributed by atoms with E-state index in [2.05, 4.69) is 6.92 Å². The smallest absolute Gasteiger partial charge is 0.474 e. The predicted octanol–water partition coefficient (Wildman–Crippen LogP) is 7.63. The van der Waals surface area contributed by atoms with Crippen LogP contribution >= 0.6 is 29.4 Å². The lowest BCUT2D eigenvalue weighted by Crippen LogP contribution is -2.14. The monoisotopic (exact) mass is 558 g/mol. The van der Waals surface area contributed by atoms with Crippen LogP contribution in [0.1, 0.15) is 58.4 Å². The zero-order valence-corrected chi connectivity index (χ0v) is 24.3. The number of phosphoric ester groups is 1. The molecule has 2 aromatic rings. The number of fused-ring (bicyclic) bond motifs is 1. The van der Waals surface area contributed by atoms with Crippen molar-refractivity contribution < 1.29 is 32.4 Å². The number of hydrogen-bond donors (Lipinski definition) is 0. The fourth-order valence-corrected chi connectivity index (χ4v) is 6.41. The van der Waals surface area contributed by atoms with E-state index in [1.807, 2.05) is 64.9 Å². The molecule has 0 aliphatic heterocycles. The van der Waals surface area contributed by atoms with Gasteiger partial charge in [0.15, 0.2) is 0 Å². The maximum absolute atomic E-state index is 12.5. The second-order valence-electron chi connectivity index (χ2n) is 7.97. The van der Waals surface area contributed by atoms with E-state index in [9.17, 15) is 9.36 Å². The normalized spacial score (nSPS) is 12.6. The Morgan fingerprint density at radius 3 is 2.25 bits per heavy atom. The van der Waals surface area contributed by atoms with Gasteiger partial charge >= 0.3 is 13.8 Å². The third kappa shape index (κ3) is 11.0. The first-order valence-electron chi connectivity index (χ1n) is 12.5. The maximum atomic E-state index is 12.5. The molecule has 0 N–H and O–H groups in total. The van der Waals surface area contributed by atoms with Gasteiger partial charge in [-0.05, 0) is 68.5 Å². The van der Waals surface area contributed by atoms with Gasteiger partial charge in [-0.2, -0.15) is 0 Å². The zero-order valence-electron chi connectivity index (χ0n) is 21.7. The minimum atomic E-state index is -3.50. The summed E-state index contributed by atoms with van der Waals surface area (Å²) < 4.78 is 39.0. The number of phosphoric acid groups is 1. The quantitative estimate of drug-likeness (QED) is 0.0748. The summed E-state index contributed by atoms with van der Waals surface area (Å²) in [5, 5.41) is 2.12. The zero-order chi connectivity index (χ0) is 26.2. The Morgan fingerprint density at radius 2 is 1.53 bits per heavy atom. The molecule has 0 saturated heterocycles. The summed E-state index contributed by atoms with van der Waals surface area (Å²) >= 11 is 0. The lowest BCUT2D eigenvalue weighted by molar-refractivity contribution is -0.145. The van der Waals surface area contributed by atoms with Crippen LogP contribution in [0.2, 0.25) is 0 Å². The van der Waals surface area contributed by atoms with Crippen LogP contribution in [0.25, 0.3) is 10.8 Å². The highest BCUT2D eigenvalue weighted by Crippen LogP contribution is 2.49. The summed E-state index contributed by atoms with van der Waals surface area (Å²) in [4.78, 5) is 12.5. The SMILES string of the molecule is CCCSSCCOc1ccc2cc(C(C)C(=O)OCCCCOP(=O)(OCC)OCC)ccc2c1. The van der Waals surface area contributed by atoms with Gasteiger partial charge in [-0.25, -0.2) is 4.57 Å². The van der Waals surface area contributed by atoms with Crippen molar-refractivity contribution in [3.05, 3.63) is 42.0 Å². The highest BCUT2D eigenvalue weighted by atomic mass is 33.1. The molecule has 0 aromatic heterocycles. The topological polar surface area (TPSA) is 80.3 Å². The summed E-state index contributed by atoms with van der Waals surface area (Å²) in [6, 6.07) is 12.0. The van der Waals surface area contributed by atoms with Gasteiger partial charge in [0.1, 0.15) is 5.75 Å². The van der Waals surface area contributed by atoms with Crippen molar-refractivity contribution in [3.63, 3.8) is 0 Å². The molecule has 202 valence electrons. The highest BCUT2D eigenvalue weighted by molar-refractivity contribution is 8.76. The maximum Gasteiger partial charge on any atom is 0.474 e. The van der Waals surface area contributed by atoms with E-state index in [0.717, 1.165) is 33.6 Å². The van der Waals surface area contributed by atoms with E-state index in [4.69, 9.17) is 23.0 Å². The van der Waals surface area contributed by atoms with Crippen molar-refractivity contribution >= 4 is 46.2 Å². The molecule has 0 bridgehead atoms. The molecule has 0 spiro atoms. The Labute approximate surface area is 223 Å². The average Bonchev–Trinajstić information content (AvgIpc) is 2.87. The molecule has 0 amide bonds. The fourth-order valence-electron chi connectivity index (χ4n) is 3.24. The molecular weight excluding hydrogens is 519 g/mol. The number of carbonyl (C=O) groups is 1. The van der Waals surface area contributed by atoms with Gasteiger partial charge in [0.05, 0.1) is 39.0 Å². The first-order chi connectivity index (χ1) is 17.4. The molecule has 0 aliphatic rings. The van der Waals surface area contributed by atoms with Crippen LogP contribution in [0.15, 0.2) is 36.4 Å². The molecule has 0 radical (unpaired) electrons. The average molecular weight is 559 g/mol. The Bertz CT molecular complexity index is 962. The van der Waals surface area contributed by atoms with Crippen molar-refractivity contribution in [1.82, 2.24) is 0 Å². The lowest BCUT2D eigenvalue weighted by Gasteiger charge is -2.16. The minimum absolute atomic E-state index is 0.206. The number of unbranched alkanes of at least 4 members (excludes halogenated alkanes) is 1. The van der Waals surface area contributed by atoms with Crippen LogP contribution in [0.5, 0.6) is 5.75 Å². The summed E-state index contributed by atoms with van der Waals surface area (Å²) in [5.41, 5.74) is 0.906. The summed E-state index contributed by atoms with van der Waals surface area (Å²) in [6.45, 7) is 9.13. The van der Waals surface area contributed by atoms with Crippen molar-refractivity contribution in [1.29, 1.82) is 0 Å². The molecule has 0 fully saturated rings. The molecular formula is C26H39O7PS2. The van der Waals surface area contributed by atoms with Gasteiger partial charge in [0.2, 0.25) is 0 Å². The van der Waals surface area contributed by atoms with Crippen LogP contribution in [-0.2, 0) is 27.7 Å². The van der Waals surface area contributed by atoms with Crippen LogP contribution in [0.3, 0.4) is 0 Å². The molecule has 2 rings (SSSR count). The van der Waals surface area contributed by atoms with Crippen molar-refractivity contribution in [2.75, 3.05) is 44.5 Å². The number of benzene rings is 2. The van der Waals surface area contributed by atoms with Gasteiger partial charge < -0.3 is 9.47 Å². The Balaban J connectivity index is 1.76. The Kier molecular flexibility index (Phi) is 14.9. The number of rotatable bonds is 19. The van der Waals surface area contributed by atoms with Crippen molar-refractivity contribution in [2.24, 2.45) is 0 Å². The van der Waals surface area contributed by atoms with Gasteiger partial charge in [-0.3, -0.25) is 18.4 Å². The van der Waals surface area contributed by atoms with Gasteiger partial charge in [0, 0.05) is 11.5 Å². The highest BCUT2D eigenvalue weighted by Gasteiger charge is 2.24. The molecule has 36 heavy (non-hydrogen) atoms.